The predicted octanol–water partition coefficient (Wildman–Crippen LogP) is 2.74. The maximum Gasteiger partial charge on any atom is 0.336 e. The maximum absolute atomic E-state index is 12.8. The molecule has 0 bridgehead atoms. The van der Waals surface area contributed by atoms with Crippen LogP contribution in [0.5, 0.6) is 0 Å². The van der Waals surface area contributed by atoms with Crippen LogP contribution >= 0.6 is 0 Å². The number of hydrogen-bond donors (Lipinski definition) is 0. The highest BCUT2D eigenvalue weighted by molar-refractivity contribution is 5.65. The summed E-state index contributed by atoms with van der Waals surface area (Å²) < 4.78 is -0.782. The molecule has 20 heavy (non-hydrogen) atoms. The number of hydroxylamine groups is 2. The van der Waals surface area contributed by atoms with Crippen LogP contribution in [-0.4, -0.2) is 22.9 Å². The van der Waals surface area contributed by atoms with Gasteiger partial charge in [-0.2, -0.15) is 0 Å². The monoisotopic (exact) mass is 281 g/mol. The Morgan fingerprint density at radius 3 is 2.50 bits per heavy atom. The Morgan fingerprint density at radius 2 is 1.95 bits per heavy atom. The first kappa shape index (κ1) is 14.4. The molecule has 0 aromatic heterocycles. The summed E-state index contributed by atoms with van der Waals surface area (Å²) in [7, 11) is 0. The zero-order chi connectivity index (χ0) is 14.9. The van der Waals surface area contributed by atoms with E-state index in [1.165, 1.54) is 6.07 Å². The fraction of sp³-hybridized carbons (Fsp3) is 0.500. The van der Waals surface area contributed by atoms with Gasteiger partial charge in [0.05, 0.1) is 22.9 Å². The Labute approximate surface area is 115 Å². The lowest BCUT2D eigenvalue weighted by molar-refractivity contribution is -0.394. The van der Waals surface area contributed by atoms with Gasteiger partial charge in [0.1, 0.15) is 6.07 Å². The summed E-state index contributed by atoms with van der Waals surface area (Å²) in [6, 6.07) is 3.24. The Morgan fingerprint density at radius 1 is 1.25 bits per heavy atom. The molecule has 2 unspecified atom stereocenters. The minimum atomic E-state index is -0.782. The molecule has 0 saturated carbocycles. The molecule has 0 aliphatic carbocycles. The average molecular weight is 281 g/mol. The Balaban J connectivity index is 2.50. The lowest BCUT2D eigenvalue weighted by Crippen LogP contribution is -2.50. The summed E-state index contributed by atoms with van der Waals surface area (Å²) in [4.78, 5) is 20.4. The molecule has 1 aromatic carbocycles. The van der Waals surface area contributed by atoms with Gasteiger partial charge in [0.25, 0.3) is 5.69 Å². The van der Waals surface area contributed by atoms with E-state index in [1.54, 1.807) is 0 Å². The number of nitro benzene ring substituents is 2. The molecule has 108 valence electrons. The molecular weight excluding hydrogens is 266 g/mol. The highest BCUT2D eigenvalue weighted by atomic mass is 16.6. The molecule has 1 heterocycles. The fourth-order valence-corrected chi connectivity index (χ4v) is 2.72. The van der Waals surface area contributed by atoms with Gasteiger partial charge in [-0.05, 0) is 12.8 Å². The number of nitro groups is 2. The second-order valence-corrected chi connectivity index (χ2v) is 5.23. The van der Waals surface area contributed by atoms with Gasteiger partial charge in [-0.3, -0.25) is 20.2 Å². The van der Waals surface area contributed by atoms with Crippen LogP contribution in [0.1, 0.15) is 19.8 Å². The number of benzene rings is 1. The van der Waals surface area contributed by atoms with Crippen molar-refractivity contribution in [1.82, 2.24) is 4.65 Å². The van der Waals surface area contributed by atoms with Crippen LogP contribution in [-0.2, 0) is 0 Å². The van der Waals surface area contributed by atoms with E-state index in [2.05, 4.69) is 0 Å². The van der Waals surface area contributed by atoms with Gasteiger partial charge in [0, 0.05) is 18.1 Å². The van der Waals surface area contributed by atoms with E-state index in [9.17, 15) is 25.4 Å². The van der Waals surface area contributed by atoms with E-state index in [-0.39, 0.29) is 30.4 Å². The first-order valence-electron chi connectivity index (χ1n) is 6.35. The summed E-state index contributed by atoms with van der Waals surface area (Å²) >= 11 is 0. The molecule has 0 radical (unpaired) electrons. The summed E-state index contributed by atoms with van der Waals surface area (Å²) in [5.41, 5.74) is -0.840. The SMILES string of the molecule is CC1CCC[N+]([O-])(c2ccc([N+](=O)[O-])cc2[N+](=O)[O-])C1. The van der Waals surface area contributed by atoms with Gasteiger partial charge in [0.2, 0.25) is 5.69 Å². The lowest BCUT2D eigenvalue weighted by atomic mass is 9.98. The molecule has 8 nitrogen and oxygen atoms in total. The number of rotatable bonds is 3. The second-order valence-electron chi connectivity index (χ2n) is 5.23. The van der Waals surface area contributed by atoms with Crippen LogP contribution in [0.2, 0.25) is 0 Å². The summed E-state index contributed by atoms with van der Waals surface area (Å²) in [6.45, 7) is 2.46. The number of quaternary nitrogens is 1. The topological polar surface area (TPSA) is 109 Å². The Hall–Kier alpha value is -2.06. The highest BCUT2D eigenvalue weighted by Crippen LogP contribution is 2.38. The van der Waals surface area contributed by atoms with E-state index in [0.717, 1.165) is 18.6 Å². The second kappa shape index (κ2) is 5.14. The molecule has 1 aliphatic rings. The first-order valence-corrected chi connectivity index (χ1v) is 6.35. The van der Waals surface area contributed by atoms with Crippen LogP contribution in [0, 0.1) is 31.4 Å². The van der Waals surface area contributed by atoms with Crippen LogP contribution in [0.15, 0.2) is 18.2 Å². The third-order valence-corrected chi connectivity index (χ3v) is 3.63. The Kier molecular flexibility index (Phi) is 3.69. The maximum atomic E-state index is 12.8. The quantitative estimate of drug-likeness (QED) is 0.366. The number of non-ortho nitro benzene ring substituents is 1. The van der Waals surface area contributed by atoms with Crippen LogP contribution in [0.25, 0.3) is 0 Å². The fourth-order valence-electron chi connectivity index (χ4n) is 2.72. The van der Waals surface area contributed by atoms with Gasteiger partial charge in [-0.25, -0.2) is 0 Å². The third kappa shape index (κ3) is 2.61. The van der Waals surface area contributed by atoms with E-state index < -0.39 is 20.2 Å². The van der Waals surface area contributed by atoms with E-state index in [0.29, 0.717) is 6.42 Å². The van der Waals surface area contributed by atoms with Crippen molar-refractivity contribution in [2.24, 2.45) is 5.92 Å². The van der Waals surface area contributed by atoms with Gasteiger partial charge in [0.15, 0.2) is 0 Å². The van der Waals surface area contributed by atoms with Crippen LogP contribution in [0.3, 0.4) is 0 Å². The van der Waals surface area contributed by atoms with Crippen LogP contribution < -0.4 is 4.65 Å². The molecule has 2 rings (SSSR count). The molecule has 0 amide bonds. The Bertz CT molecular complexity index is 562. The standard InChI is InChI=1S/C12H15N3O5/c1-9-3-2-6-15(20,8-9)12-5-4-10(13(16)17)7-11(12)14(18)19/h4-5,7,9H,2-3,6,8H2,1H3. The first-order chi connectivity index (χ1) is 9.33. The van der Waals surface area contributed by atoms with E-state index >= 15 is 0 Å². The van der Waals surface area contributed by atoms with Crippen molar-refractivity contribution in [1.29, 1.82) is 0 Å². The molecule has 1 saturated heterocycles. The van der Waals surface area contributed by atoms with E-state index in [1.807, 2.05) is 6.92 Å². The molecule has 1 aliphatic heterocycles. The minimum Gasteiger partial charge on any atom is -0.627 e. The molecule has 1 fully saturated rings. The predicted molar refractivity (Wildman–Crippen MR) is 73.0 cm³/mol. The van der Waals surface area contributed by atoms with Crippen molar-refractivity contribution in [3.05, 3.63) is 43.6 Å². The summed E-state index contributed by atoms with van der Waals surface area (Å²) in [6.07, 6.45) is 1.61. The third-order valence-electron chi connectivity index (χ3n) is 3.63. The number of nitrogens with zero attached hydrogens (tertiary/aromatic N) is 3. The highest BCUT2D eigenvalue weighted by Gasteiger charge is 2.35. The molecule has 1 aromatic rings. The van der Waals surface area contributed by atoms with Crippen molar-refractivity contribution in [2.75, 3.05) is 13.1 Å². The van der Waals surface area contributed by atoms with Crippen molar-refractivity contribution >= 4 is 17.1 Å². The van der Waals surface area contributed by atoms with Crippen molar-refractivity contribution < 1.29 is 9.85 Å². The van der Waals surface area contributed by atoms with Gasteiger partial charge >= 0.3 is 5.69 Å². The van der Waals surface area contributed by atoms with Gasteiger partial charge in [-0.1, -0.05) is 6.92 Å². The minimum absolute atomic E-state index is 0.00662. The van der Waals surface area contributed by atoms with Crippen molar-refractivity contribution in [2.45, 2.75) is 19.8 Å². The number of piperidine rings is 1. The number of hydrogen-bond acceptors (Lipinski definition) is 5. The van der Waals surface area contributed by atoms with Crippen molar-refractivity contribution in [3.8, 4) is 0 Å². The summed E-state index contributed by atoms with van der Waals surface area (Å²) in [5.74, 6) is 0.177. The van der Waals surface area contributed by atoms with E-state index in [4.69, 9.17) is 0 Å². The van der Waals surface area contributed by atoms with Crippen molar-refractivity contribution in [3.63, 3.8) is 0 Å². The average Bonchev–Trinajstić information content (AvgIpc) is 2.37. The molecule has 0 spiro atoms. The zero-order valence-electron chi connectivity index (χ0n) is 11.0. The summed E-state index contributed by atoms with van der Waals surface area (Å²) in [5, 5.41) is 34.6. The van der Waals surface area contributed by atoms with Gasteiger partial charge in [-0.15, -0.1) is 0 Å². The normalized spacial score (nSPS) is 26.2. The zero-order valence-corrected chi connectivity index (χ0v) is 11.0. The molecule has 8 heteroatoms. The molecule has 2 atom stereocenters. The molecule has 0 N–H and O–H groups in total. The largest absolute Gasteiger partial charge is 0.627 e. The molecular formula is C12H15N3O5. The van der Waals surface area contributed by atoms with Gasteiger partial charge < -0.3 is 9.85 Å². The smallest absolute Gasteiger partial charge is 0.336 e. The van der Waals surface area contributed by atoms with Crippen LogP contribution in [0.4, 0.5) is 17.1 Å². The lowest BCUT2D eigenvalue weighted by Gasteiger charge is -2.46.